The smallest absolute Gasteiger partial charge is 0.335 e. The number of aliphatic hydroxyl groups is 5. The number of nitrogens with zero attached hydrogens (tertiary/aromatic N) is 1. The number of nitrogens with two attached hydrogens (primary N) is 1. The summed E-state index contributed by atoms with van der Waals surface area (Å²) in [4.78, 5) is 15.3. The summed E-state index contributed by atoms with van der Waals surface area (Å²) in [6, 6.07) is 0. The van der Waals surface area contributed by atoms with E-state index in [2.05, 4.69) is 10.3 Å². The average molecular weight is 319 g/mol. The molecule has 3 rings (SSSR count). The number of carbonyl (C=O) groups is 1. The van der Waals surface area contributed by atoms with Crippen LogP contribution in [0.15, 0.2) is 4.99 Å². The van der Waals surface area contributed by atoms with Gasteiger partial charge in [0, 0.05) is 0 Å². The zero-order valence-corrected chi connectivity index (χ0v) is 11.2. The normalized spacial score (nSPS) is 53.4. The molecule has 2 heterocycles. The van der Waals surface area contributed by atoms with Gasteiger partial charge < -0.3 is 46.4 Å². The van der Waals surface area contributed by atoms with Gasteiger partial charge in [0.1, 0.15) is 23.3 Å². The number of nitrogens with one attached hydrogen (secondary N) is 1. The minimum absolute atomic E-state index is 0.224. The molecule has 11 heteroatoms. The first kappa shape index (κ1) is 15.4. The molecular formula is C11H17N3O8. The van der Waals surface area contributed by atoms with Crippen LogP contribution in [-0.4, -0.2) is 91.0 Å². The maximum atomic E-state index is 11.4. The van der Waals surface area contributed by atoms with Crippen molar-refractivity contribution in [3.63, 3.8) is 0 Å². The molecule has 0 unspecified atom stereocenters. The number of carboxylic acids is 1. The van der Waals surface area contributed by atoms with E-state index in [0.717, 1.165) is 0 Å². The first-order chi connectivity index (χ1) is 10.2. The summed E-state index contributed by atoms with van der Waals surface area (Å²) in [6.45, 7) is -1.05. The van der Waals surface area contributed by atoms with Crippen molar-refractivity contribution in [3.05, 3.63) is 0 Å². The van der Waals surface area contributed by atoms with E-state index in [4.69, 9.17) is 10.5 Å². The van der Waals surface area contributed by atoms with Gasteiger partial charge in [-0.05, 0) is 0 Å². The molecule has 8 atom stereocenters. The van der Waals surface area contributed by atoms with Crippen molar-refractivity contribution in [2.75, 3.05) is 6.61 Å². The second kappa shape index (κ2) is 4.50. The third kappa shape index (κ3) is 1.55. The highest BCUT2D eigenvalue weighted by Gasteiger charge is 2.75. The van der Waals surface area contributed by atoms with Gasteiger partial charge in [-0.1, -0.05) is 0 Å². The molecule has 0 aromatic carbocycles. The third-order valence-electron chi connectivity index (χ3n) is 4.81. The maximum absolute atomic E-state index is 11.4. The van der Waals surface area contributed by atoms with Crippen LogP contribution in [0.25, 0.3) is 0 Å². The molecule has 0 amide bonds. The molecule has 3 aliphatic rings. The van der Waals surface area contributed by atoms with Gasteiger partial charge in [-0.3, -0.25) is 0 Å². The molecule has 9 N–H and O–H groups in total. The van der Waals surface area contributed by atoms with Gasteiger partial charge in [0.25, 0.3) is 0 Å². The lowest BCUT2D eigenvalue weighted by Crippen LogP contribution is -2.82. The number of rotatable bonds is 2. The van der Waals surface area contributed by atoms with E-state index >= 15 is 0 Å². The number of ether oxygens (including phenoxy) is 1. The van der Waals surface area contributed by atoms with E-state index in [1.165, 1.54) is 0 Å². The Morgan fingerprint density at radius 2 is 1.95 bits per heavy atom. The largest absolute Gasteiger partial charge is 0.479 e. The number of carboxylic acid groups (broad SMARTS) is 1. The minimum Gasteiger partial charge on any atom is -0.479 e. The van der Waals surface area contributed by atoms with E-state index in [1.54, 1.807) is 0 Å². The Morgan fingerprint density at radius 3 is 2.50 bits per heavy atom. The molecule has 124 valence electrons. The number of hydrogen-bond acceptors (Lipinski definition) is 10. The van der Waals surface area contributed by atoms with Crippen LogP contribution >= 0.6 is 0 Å². The van der Waals surface area contributed by atoms with Crippen molar-refractivity contribution in [1.82, 2.24) is 5.32 Å². The summed E-state index contributed by atoms with van der Waals surface area (Å²) >= 11 is 0. The molecule has 0 aromatic heterocycles. The quantitative estimate of drug-likeness (QED) is 0.243. The molecule has 1 saturated carbocycles. The first-order valence-electron chi connectivity index (χ1n) is 6.57. The van der Waals surface area contributed by atoms with Crippen LogP contribution in [0.5, 0.6) is 0 Å². The fourth-order valence-corrected chi connectivity index (χ4v) is 3.71. The fourth-order valence-electron chi connectivity index (χ4n) is 3.71. The minimum atomic E-state index is -2.45. The number of aliphatic imine (C=N–C) groups is 1. The zero-order valence-electron chi connectivity index (χ0n) is 11.2. The zero-order chi connectivity index (χ0) is 16.4. The Hall–Kier alpha value is -1.50. The average Bonchev–Trinajstić information content (AvgIpc) is 2.69. The Bertz CT molecular complexity index is 543. The van der Waals surface area contributed by atoms with E-state index in [0.29, 0.717) is 0 Å². The topological polar surface area (TPSA) is 198 Å². The molecule has 1 aliphatic carbocycles. The summed E-state index contributed by atoms with van der Waals surface area (Å²) in [5.74, 6) is -2.92. The Labute approximate surface area is 123 Å². The van der Waals surface area contributed by atoms with Crippen LogP contribution < -0.4 is 11.1 Å². The van der Waals surface area contributed by atoms with Crippen molar-refractivity contribution in [3.8, 4) is 0 Å². The molecule has 1 saturated heterocycles. The summed E-state index contributed by atoms with van der Waals surface area (Å²) in [6.07, 6.45) is -8.66. The first-order valence-corrected chi connectivity index (χ1v) is 6.57. The molecule has 0 radical (unpaired) electrons. The summed E-state index contributed by atoms with van der Waals surface area (Å²) in [5, 5.41) is 62.3. The predicted molar refractivity (Wildman–Crippen MR) is 67.3 cm³/mol. The summed E-state index contributed by atoms with van der Waals surface area (Å²) in [5.41, 5.74) is 1.21. The molecule has 11 nitrogen and oxygen atoms in total. The molecule has 0 aromatic rings. The van der Waals surface area contributed by atoms with Crippen LogP contribution in [0.2, 0.25) is 0 Å². The lowest BCUT2D eigenvalue weighted by atomic mass is 9.60. The number of guanidine groups is 1. The van der Waals surface area contributed by atoms with Crippen LogP contribution in [0, 0.1) is 5.92 Å². The van der Waals surface area contributed by atoms with Gasteiger partial charge in [0.05, 0.1) is 18.6 Å². The van der Waals surface area contributed by atoms with Crippen molar-refractivity contribution in [2.24, 2.45) is 16.6 Å². The van der Waals surface area contributed by atoms with Crippen molar-refractivity contribution < 1.29 is 40.2 Å². The number of aliphatic carboxylic acids is 1. The van der Waals surface area contributed by atoms with E-state index in [9.17, 15) is 35.4 Å². The van der Waals surface area contributed by atoms with Crippen molar-refractivity contribution in [2.45, 2.75) is 41.8 Å². The van der Waals surface area contributed by atoms with Gasteiger partial charge in [0.15, 0.2) is 18.3 Å². The second-order valence-corrected chi connectivity index (χ2v) is 5.83. The highest BCUT2D eigenvalue weighted by molar-refractivity contribution is 5.84. The molecule has 0 spiro atoms. The predicted octanol–water partition coefficient (Wildman–Crippen LogP) is -5.11. The summed E-state index contributed by atoms with van der Waals surface area (Å²) in [7, 11) is 0. The highest BCUT2D eigenvalue weighted by Crippen LogP contribution is 2.51. The molecule has 2 fully saturated rings. The van der Waals surface area contributed by atoms with Gasteiger partial charge in [-0.2, -0.15) is 0 Å². The second-order valence-electron chi connectivity index (χ2n) is 5.83. The Morgan fingerprint density at radius 1 is 1.32 bits per heavy atom. The summed E-state index contributed by atoms with van der Waals surface area (Å²) < 4.78 is 5.23. The fraction of sp³-hybridized carbons (Fsp3) is 0.818. The van der Waals surface area contributed by atoms with Gasteiger partial charge >= 0.3 is 5.97 Å². The van der Waals surface area contributed by atoms with Gasteiger partial charge in [-0.15, -0.1) is 0 Å². The van der Waals surface area contributed by atoms with Gasteiger partial charge in [0.2, 0.25) is 0 Å². The van der Waals surface area contributed by atoms with Crippen LogP contribution in [-0.2, 0) is 9.53 Å². The number of aliphatic hydroxyl groups excluding tert-OH is 4. The molecule has 2 aliphatic heterocycles. The van der Waals surface area contributed by atoms with Crippen LogP contribution in [0.3, 0.4) is 0 Å². The maximum Gasteiger partial charge on any atom is 0.335 e. The molecule has 2 bridgehead atoms. The Kier molecular flexibility index (Phi) is 3.15. The monoisotopic (exact) mass is 319 g/mol. The lowest BCUT2D eigenvalue weighted by molar-refractivity contribution is -0.258. The van der Waals surface area contributed by atoms with Crippen molar-refractivity contribution in [1.29, 1.82) is 0 Å². The van der Waals surface area contributed by atoms with Crippen LogP contribution in [0.1, 0.15) is 0 Å². The highest BCUT2D eigenvalue weighted by atomic mass is 16.5. The van der Waals surface area contributed by atoms with E-state index in [1.807, 2.05) is 0 Å². The number of hydrogen-bond donors (Lipinski definition) is 8. The molecule has 22 heavy (non-hydrogen) atoms. The Balaban J connectivity index is 2.17. The standard InChI is InChI=1S/C11H17N3O8/c12-9-13-7-2-3(16)10(21,1-15)4(17)5(18)11(2,14-9)6(22-7)8(19)20/h2-7,15-18,21H,1H2,(H,19,20)(H3,12,13,14)/t2-,3-,4-,5+,6-,7+,10+,11-/m1/s1. The van der Waals surface area contributed by atoms with E-state index < -0.39 is 60.3 Å². The SMILES string of the molecule is NC1=N[C@H]2O[C@H](C(=O)O)[C@@]3(N1)[C@@H]2[C@@H](O)[C@@](O)(CO)[C@H](O)[C@@H]3O. The van der Waals surface area contributed by atoms with Crippen LogP contribution in [0.4, 0.5) is 0 Å². The lowest BCUT2D eigenvalue weighted by Gasteiger charge is -2.55. The van der Waals surface area contributed by atoms with E-state index in [-0.39, 0.29) is 5.96 Å². The van der Waals surface area contributed by atoms with Gasteiger partial charge in [-0.25, -0.2) is 9.79 Å². The third-order valence-corrected chi connectivity index (χ3v) is 4.81. The molecular weight excluding hydrogens is 302 g/mol. The van der Waals surface area contributed by atoms with Crippen molar-refractivity contribution >= 4 is 11.9 Å².